The number of carbonyl (C=O) groups excluding carboxylic acids is 1. The Hall–Kier alpha value is -4.00. The highest BCUT2D eigenvalue weighted by atomic mass is 19.3. The van der Waals surface area contributed by atoms with Crippen molar-refractivity contribution in [2.24, 2.45) is 0 Å². The molecule has 0 fully saturated rings. The Morgan fingerprint density at radius 2 is 1.66 bits per heavy atom. The summed E-state index contributed by atoms with van der Waals surface area (Å²) in [7, 11) is 5.59. The van der Waals surface area contributed by atoms with Gasteiger partial charge in [0, 0.05) is 34.1 Å². The highest BCUT2D eigenvalue weighted by molar-refractivity contribution is 5.83. The Kier molecular flexibility index (Phi) is 9.04. The van der Waals surface area contributed by atoms with E-state index in [2.05, 4.69) is 46.5 Å². The number of carbonyl (C=O) groups is 1. The predicted octanol–water partition coefficient (Wildman–Crippen LogP) is 6.71. The number of amides is 1. The largest absolute Gasteiger partial charge is 0.376 e. The highest BCUT2D eigenvalue weighted by Gasteiger charge is 2.22. The van der Waals surface area contributed by atoms with Crippen molar-refractivity contribution in [1.29, 1.82) is 0 Å². The first-order valence-electron chi connectivity index (χ1n) is 12.4. The highest BCUT2D eigenvalue weighted by Crippen LogP contribution is 2.29. The van der Waals surface area contributed by atoms with Crippen molar-refractivity contribution in [2.75, 3.05) is 26.0 Å². The molecule has 5 nitrogen and oxygen atoms in total. The molecule has 0 N–H and O–H groups in total. The number of fused-ring (bicyclic) bond motifs is 1. The lowest BCUT2D eigenvalue weighted by Gasteiger charge is -2.21. The molecule has 0 saturated carbocycles. The van der Waals surface area contributed by atoms with E-state index in [0.29, 0.717) is 17.9 Å². The van der Waals surface area contributed by atoms with Crippen LogP contribution in [-0.2, 0) is 17.8 Å². The van der Waals surface area contributed by atoms with Crippen LogP contribution < -0.4 is 4.90 Å². The molecule has 0 unspecified atom stereocenters. The number of nitrogens with zero attached hydrogens (tertiary/aromatic N) is 4. The third-order valence-corrected chi connectivity index (χ3v) is 6.20. The summed E-state index contributed by atoms with van der Waals surface area (Å²) in [6, 6.07) is 22.0. The summed E-state index contributed by atoms with van der Waals surface area (Å²) < 4.78 is 27.2. The van der Waals surface area contributed by atoms with Gasteiger partial charge < -0.3 is 14.4 Å². The molecule has 7 heteroatoms. The number of aryl methyl sites for hydroxylation is 2. The summed E-state index contributed by atoms with van der Waals surface area (Å²) in [5.74, 6) is -1.13. The Morgan fingerprint density at radius 3 is 2.26 bits per heavy atom. The van der Waals surface area contributed by atoms with Gasteiger partial charge in [-0.05, 0) is 48.7 Å². The SMILES string of the molecule is C=C(c1c(N(C)C=O)nc(C)n1Cc1ccc2ccccc2c1)N(C)C.Cc1cccc(CC(C)(F)F)c1. The Labute approximate surface area is 224 Å². The van der Waals surface area contributed by atoms with Gasteiger partial charge in [0.05, 0.1) is 5.70 Å². The van der Waals surface area contributed by atoms with Crippen molar-refractivity contribution in [3.05, 3.63) is 102 Å². The fourth-order valence-electron chi connectivity index (χ4n) is 4.24. The van der Waals surface area contributed by atoms with E-state index in [1.54, 1.807) is 25.2 Å². The van der Waals surface area contributed by atoms with Crippen molar-refractivity contribution in [1.82, 2.24) is 14.5 Å². The van der Waals surface area contributed by atoms with Crippen LogP contribution >= 0.6 is 0 Å². The molecule has 0 atom stereocenters. The molecule has 1 amide bonds. The second-order valence-corrected chi connectivity index (χ2v) is 9.89. The summed E-state index contributed by atoms with van der Waals surface area (Å²) in [6.07, 6.45) is 0.600. The van der Waals surface area contributed by atoms with Crippen LogP contribution in [0.3, 0.4) is 0 Å². The Balaban J connectivity index is 0.000000279. The predicted molar refractivity (Wildman–Crippen MR) is 153 cm³/mol. The van der Waals surface area contributed by atoms with Gasteiger partial charge in [0.15, 0.2) is 5.82 Å². The van der Waals surface area contributed by atoms with Crippen LogP contribution in [0.15, 0.2) is 73.3 Å². The smallest absolute Gasteiger partial charge is 0.249 e. The van der Waals surface area contributed by atoms with Crippen molar-refractivity contribution in [2.45, 2.75) is 39.7 Å². The van der Waals surface area contributed by atoms with Crippen LogP contribution in [0.1, 0.15) is 35.1 Å². The lowest BCUT2D eigenvalue weighted by molar-refractivity contribution is -0.107. The topological polar surface area (TPSA) is 41.4 Å². The number of rotatable bonds is 8. The number of halogens is 2. The zero-order valence-corrected chi connectivity index (χ0v) is 23.0. The van der Waals surface area contributed by atoms with Crippen molar-refractivity contribution in [3.63, 3.8) is 0 Å². The molecule has 1 heterocycles. The van der Waals surface area contributed by atoms with E-state index >= 15 is 0 Å². The molecule has 0 aliphatic rings. The fraction of sp³-hybridized carbons (Fsp3) is 0.290. The van der Waals surface area contributed by atoms with E-state index in [4.69, 9.17) is 0 Å². The molecule has 0 bridgehead atoms. The van der Waals surface area contributed by atoms with Crippen molar-refractivity contribution < 1.29 is 13.6 Å². The van der Waals surface area contributed by atoms with Crippen LogP contribution in [0.5, 0.6) is 0 Å². The van der Waals surface area contributed by atoms with Gasteiger partial charge in [-0.3, -0.25) is 4.79 Å². The summed E-state index contributed by atoms with van der Waals surface area (Å²) in [5, 5.41) is 2.43. The molecular formula is C31H36F2N4O. The van der Waals surface area contributed by atoms with Gasteiger partial charge in [-0.1, -0.05) is 72.8 Å². The summed E-state index contributed by atoms with van der Waals surface area (Å²) in [6.45, 7) is 9.65. The zero-order valence-electron chi connectivity index (χ0n) is 23.0. The molecule has 0 radical (unpaired) electrons. The molecule has 4 aromatic rings. The molecule has 0 spiro atoms. The van der Waals surface area contributed by atoms with Crippen LogP contribution in [-0.4, -0.2) is 47.9 Å². The molecule has 0 aliphatic carbocycles. The maximum absolute atomic E-state index is 12.5. The van der Waals surface area contributed by atoms with Gasteiger partial charge in [-0.2, -0.15) is 0 Å². The lowest BCUT2D eigenvalue weighted by Crippen LogP contribution is -2.20. The maximum Gasteiger partial charge on any atom is 0.249 e. The van der Waals surface area contributed by atoms with Crippen molar-refractivity contribution in [3.8, 4) is 0 Å². The number of hydrogen-bond donors (Lipinski definition) is 0. The van der Waals surface area contributed by atoms with E-state index < -0.39 is 5.92 Å². The minimum atomic E-state index is -2.60. The number of imidazole rings is 1. The third-order valence-electron chi connectivity index (χ3n) is 6.20. The number of anilines is 1. The molecule has 3 aromatic carbocycles. The van der Waals surface area contributed by atoms with Crippen LogP contribution in [0, 0.1) is 13.8 Å². The molecule has 0 saturated heterocycles. The summed E-state index contributed by atoms with van der Waals surface area (Å²) in [5.41, 5.74) is 4.57. The van der Waals surface area contributed by atoms with Gasteiger partial charge >= 0.3 is 0 Å². The quantitative estimate of drug-likeness (QED) is 0.244. The number of hydrogen-bond acceptors (Lipinski definition) is 3. The zero-order chi connectivity index (χ0) is 28.0. The van der Waals surface area contributed by atoms with Gasteiger partial charge in [0.1, 0.15) is 11.5 Å². The third kappa shape index (κ3) is 7.28. The number of benzene rings is 3. The molecule has 1 aromatic heterocycles. The van der Waals surface area contributed by atoms with Crippen LogP contribution in [0.25, 0.3) is 16.5 Å². The Bertz CT molecular complexity index is 1420. The Morgan fingerprint density at radius 1 is 0.974 bits per heavy atom. The first kappa shape index (κ1) is 28.6. The minimum absolute atomic E-state index is 0.172. The summed E-state index contributed by atoms with van der Waals surface area (Å²) in [4.78, 5) is 19.4. The molecule has 38 heavy (non-hydrogen) atoms. The van der Waals surface area contributed by atoms with E-state index in [1.165, 1.54) is 21.2 Å². The fourth-order valence-corrected chi connectivity index (χ4v) is 4.24. The maximum atomic E-state index is 12.5. The first-order chi connectivity index (χ1) is 17.9. The number of aromatic nitrogens is 2. The molecule has 0 aliphatic heterocycles. The monoisotopic (exact) mass is 518 g/mol. The molecule has 200 valence electrons. The normalized spacial score (nSPS) is 11.1. The van der Waals surface area contributed by atoms with E-state index in [-0.39, 0.29) is 6.42 Å². The van der Waals surface area contributed by atoms with E-state index in [1.807, 2.05) is 51.0 Å². The van der Waals surface area contributed by atoms with Gasteiger partial charge in [0.2, 0.25) is 12.3 Å². The van der Waals surface area contributed by atoms with Crippen LogP contribution in [0.2, 0.25) is 0 Å². The minimum Gasteiger partial charge on any atom is -0.376 e. The number of alkyl halides is 2. The average Bonchev–Trinajstić information content (AvgIpc) is 3.18. The van der Waals surface area contributed by atoms with E-state index in [0.717, 1.165) is 36.1 Å². The van der Waals surface area contributed by atoms with Gasteiger partial charge in [-0.25, -0.2) is 13.8 Å². The van der Waals surface area contributed by atoms with Crippen LogP contribution in [0.4, 0.5) is 14.6 Å². The van der Waals surface area contributed by atoms with Crippen molar-refractivity contribution >= 4 is 28.7 Å². The second kappa shape index (κ2) is 12.0. The lowest BCUT2D eigenvalue weighted by atomic mass is 10.1. The first-order valence-corrected chi connectivity index (χ1v) is 12.4. The van der Waals surface area contributed by atoms with Gasteiger partial charge in [-0.15, -0.1) is 0 Å². The van der Waals surface area contributed by atoms with E-state index in [9.17, 15) is 13.6 Å². The molecule has 4 rings (SSSR count). The van der Waals surface area contributed by atoms with Gasteiger partial charge in [0.25, 0.3) is 0 Å². The summed E-state index contributed by atoms with van der Waals surface area (Å²) >= 11 is 0. The second-order valence-electron chi connectivity index (χ2n) is 9.89. The molecular weight excluding hydrogens is 482 g/mol. The average molecular weight is 519 g/mol. The standard InChI is InChI=1S/C21H24N4O.C10H12F2/c1-15(23(3)4)20-21(24(5)14-26)22-16(2)25(20)13-17-10-11-18-8-6-7-9-19(18)12-17;1-8-4-3-5-9(6-8)7-10(2,11)12/h6-12,14H,1,13H2,2-5H3;3-6H,7H2,1-2H3.